The van der Waals surface area contributed by atoms with Crippen LogP contribution in [0.1, 0.15) is 28.8 Å². The summed E-state index contributed by atoms with van der Waals surface area (Å²) in [6.45, 7) is 3.23. The standard InChI is InChI=1S/C16H17ClN2O2/c17-15-14(6-9-21-15)16(20)18-13-5-3-4-12(10-13)11-19-7-1-2-8-19/h3-6,9-10H,1-2,7-8,11H2,(H,18,20). The molecule has 2 aromatic rings. The molecule has 0 radical (unpaired) electrons. The first-order valence-corrected chi connectivity index (χ1v) is 7.46. The molecule has 21 heavy (non-hydrogen) atoms. The van der Waals surface area contributed by atoms with Crippen LogP contribution in [0.2, 0.25) is 5.22 Å². The van der Waals surface area contributed by atoms with Crippen LogP contribution in [0.4, 0.5) is 5.69 Å². The van der Waals surface area contributed by atoms with E-state index >= 15 is 0 Å². The summed E-state index contributed by atoms with van der Waals surface area (Å²) >= 11 is 5.81. The van der Waals surface area contributed by atoms with Gasteiger partial charge in [0.2, 0.25) is 5.22 Å². The molecule has 0 aliphatic carbocycles. The van der Waals surface area contributed by atoms with Crippen LogP contribution in [0, 0.1) is 0 Å². The van der Waals surface area contributed by atoms with E-state index in [1.54, 1.807) is 6.07 Å². The summed E-state index contributed by atoms with van der Waals surface area (Å²) < 4.78 is 4.93. The Morgan fingerprint density at radius 1 is 1.29 bits per heavy atom. The van der Waals surface area contributed by atoms with Crippen LogP contribution in [0.3, 0.4) is 0 Å². The van der Waals surface area contributed by atoms with Gasteiger partial charge in [-0.2, -0.15) is 0 Å². The molecule has 0 unspecified atom stereocenters. The largest absolute Gasteiger partial charge is 0.452 e. The zero-order valence-corrected chi connectivity index (χ0v) is 12.4. The summed E-state index contributed by atoms with van der Waals surface area (Å²) in [4.78, 5) is 14.5. The number of hydrogen-bond acceptors (Lipinski definition) is 3. The molecule has 110 valence electrons. The van der Waals surface area contributed by atoms with Gasteiger partial charge < -0.3 is 9.73 Å². The van der Waals surface area contributed by atoms with E-state index in [0.717, 1.165) is 25.3 Å². The van der Waals surface area contributed by atoms with Gasteiger partial charge in [-0.15, -0.1) is 0 Å². The Kier molecular flexibility index (Phi) is 4.27. The third-order valence-electron chi connectivity index (χ3n) is 3.65. The predicted octanol–water partition coefficient (Wildman–Crippen LogP) is 3.78. The fraction of sp³-hybridized carbons (Fsp3) is 0.312. The first-order valence-electron chi connectivity index (χ1n) is 7.08. The molecule has 1 aliphatic rings. The van der Waals surface area contributed by atoms with Crippen LogP contribution < -0.4 is 5.32 Å². The maximum Gasteiger partial charge on any atom is 0.260 e. The van der Waals surface area contributed by atoms with Crippen molar-refractivity contribution in [3.05, 3.63) is 52.9 Å². The highest BCUT2D eigenvalue weighted by molar-refractivity contribution is 6.32. The van der Waals surface area contributed by atoms with Crippen LogP contribution in [-0.2, 0) is 6.54 Å². The van der Waals surface area contributed by atoms with Gasteiger partial charge in [0.05, 0.1) is 11.8 Å². The van der Waals surface area contributed by atoms with Gasteiger partial charge in [0.1, 0.15) is 0 Å². The van der Waals surface area contributed by atoms with Gasteiger partial charge >= 0.3 is 0 Å². The van der Waals surface area contributed by atoms with E-state index in [0.29, 0.717) is 5.56 Å². The van der Waals surface area contributed by atoms with Crippen molar-refractivity contribution in [3.63, 3.8) is 0 Å². The molecule has 0 atom stereocenters. The second-order valence-corrected chi connectivity index (χ2v) is 5.59. The molecular weight excluding hydrogens is 288 g/mol. The number of carbonyl (C=O) groups is 1. The maximum atomic E-state index is 12.1. The molecule has 3 rings (SSSR count). The number of amides is 1. The number of rotatable bonds is 4. The Bertz CT molecular complexity index is 633. The van der Waals surface area contributed by atoms with E-state index in [-0.39, 0.29) is 11.1 Å². The highest BCUT2D eigenvalue weighted by Gasteiger charge is 2.14. The number of benzene rings is 1. The van der Waals surface area contributed by atoms with Gasteiger partial charge in [0.15, 0.2) is 0 Å². The van der Waals surface area contributed by atoms with Crippen molar-refractivity contribution < 1.29 is 9.21 Å². The summed E-state index contributed by atoms with van der Waals surface area (Å²) in [5.74, 6) is -0.257. The minimum absolute atomic E-state index is 0.112. The van der Waals surface area contributed by atoms with Crippen molar-refractivity contribution in [2.75, 3.05) is 18.4 Å². The van der Waals surface area contributed by atoms with Crippen LogP contribution in [0.5, 0.6) is 0 Å². The van der Waals surface area contributed by atoms with E-state index in [2.05, 4.69) is 16.3 Å². The van der Waals surface area contributed by atoms with E-state index in [9.17, 15) is 4.79 Å². The van der Waals surface area contributed by atoms with Crippen molar-refractivity contribution in [1.29, 1.82) is 0 Å². The quantitative estimate of drug-likeness (QED) is 0.935. The lowest BCUT2D eigenvalue weighted by atomic mass is 10.2. The summed E-state index contributed by atoms with van der Waals surface area (Å²) in [6.07, 6.45) is 3.95. The SMILES string of the molecule is O=C(Nc1cccc(CN2CCCC2)c1)c1ccoc1Cl. The van der Waals surface area contributed by atoms with Gasteiger partial charge in [-0.05, 0) is 61.3 Å². The molecule has 1 saturated heterocycles. The van der Waals surface area contributed by atoms with Gasteiger partial charge in [-0.3, -0.25) is 9.69 Å². The molecule has 1 aliphatic heterocycles. The van der Waals surface area contributed by atoms with Crippen molar-refractivity contribution in [3.8, 4) is 0 Å². The van der Waals surface area contributed by atoms with Gasteiger partial charge in [0, 0.05) is 12.2 Å². The number of hydrogen-bond donors (Lipinski definition) is 1. The minimum atomic E-state index is -0.257. The van der Waals surface area contributed by atoms with Gasteiger partial charge in [-0.25, -0.2) is 0 Å². The first-order chi connectivity index (χ1) is 10.2. The summed E-state index contributed by atoms with van der Waals surface area (Å²) in [5.41, 5.74) is 2.32. The molecule has 0 spiro atoms. The number of likely N-dealkylation sites (tertiary alicyclic amines) is 1. The lowest BCUT2D eigenvalue weighted by Gasteiger charge is -2.15. The number of anilines is 1. The number of furan rings is 1. The molecule has 1 aromatic carbocycles. The normalized spacial score (nSPS) is 15.3. The molecule has 1 aromatic heterocycles. The van der Waals surface area contributed by atoms with Crippen molar-refractivity contribution in [2.24, 2.45) is 0 Å². The molecule has 2 heterocycles. The maximum absolute atomic E-state index is 12.1. The summed E-state index contributed by atoms with van der Waals surface area (Å²) in [6, 6.07) is 9.48. The second kappa shape index (κ2) is 6.33. The Labute approximate surface area is 128 Å². The van der Waals surface area contributed by atoms with Crippen molar-refractivity contribution in [2.45, 2.75) is 19.4 Å². The van der Waals surface area contributed by atoms with Crippen LogP contribution in [0.15, 0.2) is 41.0 Å². The third-order valence-corrected chi connectivity index (χ3v) is 3.95. The smallest absolute Gasteiger partial charge is 0.260 e. The summed E-state index contributed by atoms with van der Waals surface area (Å²) in [5, 5.41) is 2.96. The third kappa shape index (κ3) is 3.46. The molecule has 1 N–H and O–H groups in total. The Balaban J connectivity index is 1.68. The van der Waals surface area contributed by atoms with Gasteiger partial charge in [-0.1, -0.05) is 12.1 Å². The highest BCUT2D eigenvalue weighted by Crippen LogP contribution is 2.20. The number of nitrogens with zero attached hydrogens (tertiary/aromatic N) is 1. The minimum Gasteiger partial charge on any atom is -0.452 e. The average Bonchev–Trinajstić information content (AvgIpc) is 3.10. The Morgan fingerprint density at radius 2 is 2.10 bits per heavy atom. The first kappa shape index (κ1) is 14.2. The van der Waals surface area contributed by atoms with Crippen molar-refractivity contribution in [1.82, 2.24) is 4.90 Å². The lowest BCUT2D eigenvalue weighted by molar-refractivity contribution is 0.102. The molecule has 0 saturated carbocycles. The number of halogens is 1. The van der Waals surface area contributed by atoms with E-state index in [1.165, 1.54) is 24.7 Å². The van der Waals surface area contributed by atoms with Gasteiger partial charge in [0.25, 0.3) is 5.91 Å². The molecule has 1 amide bonds. The fourth-order valence-electron chi connectivity index (χ4n) is 2.60. The lowest BCUT2D eigenvalue weighted by Crippen LogP contribution is -2.18. The molecule has 4 nitrogen and oxygen atoms in total. The average molecular weight is 305 g/mol. The summed E-state index contributed by atoms with van der Waals surface area (Å²) in [7, 11) is 0. The van der Waals surface area contributed by atoms with Crippen molar-refractivity contribution >= 4 is 23.2 Å². The monoisotopic (exact) mass is 304 g/mol. The Morgan fingerprint density at radius 3 is 2.81 bits per heavy atom. The molecule has 1 fully saturated rings. The second-order valence-electron chi connectivity index (χ2n) is 5.25. The van der Waals surface area contributed by atoms with Crippen LogP contribution >= 0.6 is 11.6 Å². The predicted molar refractivity (Wildman–Crippen MR) is 82.6 cm³/mol. The topological polar surface area (TPSA) is 45.5 Å². The van der Waals surface area contributed by atoms with Crippen LogP contribution in [-0.4, -0.2) is 23.9 Å². The molecule has 5 heteroatoms. The van der Waals surface area contributed by atoms with E-state index < -0.39 is 0 Å². The highest BCUT2D eigenvalue weighted by atomic mass is 35.5. The number of carbonyl (C=O) groups excluding carboxylic acids is 1. The zero-order valence-electron chi connectivity index (χ0n) is 11.6. The zero-order chi connectivity index (χ0) is 14.7. The fourth-order valence-corrected chi connectivity index (χ4v) is 2.80. The molecular formula is C16H17ClN2O2. The Hall–Kier alpha value is -1.78. The van der Waals surface area contributed by atoms with E-state index in [4.69, 9.17) is 16.0 Å². The van der Waals surface area contributed by atoms with Crippen LogP contribution in [0.25, 0.3) is 0 Å². The van der Waals surface area contributed by atoms with E-state index in [1.807, 2.05) is 18.2 Å². The molecule has 0 bridgehead atoms. The number of nitrogens with one attached hydrogen (secondary N) is 1.